The van der Waals surface area contributed by atoms with Crippen molar-refractivity contribution < 1.29 is 44.7 Å². The first-order valence-corrected chi connectivity index (χ1v) is 9.41. The van der Waals surface area contributed by atoms with Gasteiger partial charge in [0.05, 0.1) is 0 Å². The van der Waals surface area contributed by atoms with Gasteiger partial charge in [-0.25, -0.2) is 18.6 Å². The van der Waals surface area contributed by atoms with Gasteiger partial charge in [-0.2, -0.15) is 26.3 Å². The van der Waals surface area contributed by atoms with Crippen LogP contribution in [0.2, 0.25) is 0 Å². The van der Waals surface area contributed by atoms with Gasteiger partial charge in [0.15, 0.2) is 0 Å². The van der Waals surface area contributed by atoms with Crippen LogP contribution in [-0.2, 0) is 4.79 Å². The highest BCUT2D eigenvalue weighted by atomic mass is 19.4. The molecule has 0 spiro atoms. The predicted octanol–water partition coefficient (Wildman–Crippen LogP) is 3.88. The molecule has 2 N–H and O–H groups in total. The predicted molar refractivity (Wildman–Crippen MR) is 101 cm³/mol. The van der Waals surface area contributed by atoms with Crippen LogP contribution in [0, 0.1) is 17.6 Å². The zero-order chi connectivity index (χ0) is 25.1. The number of imide groups is 1. The van der Waals surface area contributed by atoms with Crippen LogP contribution in [0.4, 0.5) is 45.6 Å². The number of alkyl halides is 6. The first-order chi connectivity index (χ1) is 15.8. The van der Waals surface area contributed by atoms with Gasteiger partial charge >= 0.3 is 18.4 Å². The number of aliphatic imine (C=N–C) groups is 1. The van der Waals surface area contributed by atoms with Gasteiger partial charge in [0.1, 0.15) is 29.6 Å². The molecule has 180 valence electrons. The molecular weight excluding hydrogens is 480 g/mol. The van der Waals surface area contributed by atoms with Crippen molar-refractivity contribution in [3.8, 4) is 0 Å². The van der Waals surface area contributed by atoms with Gasteiger partial charge in [-0.3, -0.25) is 15.0 Å². The summed E-state index contributed by atoms with van der Waals surface area (Å²) < 4.78 is 112. The van der Waals surface area contributed by atoms with E-state index in [1.807, 2.05) is 0 Å². The van der Waals surface area contributed by atoms with Crippen molar-refractivity contribution in [2.45, 2.75) is 24.1 Å². The van der Waals surface area contributed by atoms with Crippen molar-refractivity contribution in [3.63, 3.8) is 0 Å². The molecule has 1 saturated heterocycles. The van der Waals surface area contributed by atoms with Gasteiger partial charge in [-0.15, -0.1) is 0 Å². The first kappa shape index (κ1) is 23.4. The Hall–Kier alpha value is -3.71. The maximum atomic E-state index is 14.2. The van der Waals surface area contributed by atoms with Crippen molar-refractivity contribution in [2.24, 2.45) is 10.9 Å². The molecule has 0 bridgehead atoms. The van der Waals surface area contributed by atoms with E-state index in [4.69, 9.17) is 0 Å². The van der Waals surface area contributed by atoms with Crippen LogP contribution in [0.25, 0.3) is 0 Å². The number of urea groups is 1. The Morgan fingerprint density at radius 3 is 1.82 bits per heavy atom. The van der Waals surface area contributed by atoms with Crippen molar-refractivity contribution in [1.29, 1.82) is 0 Å². The summed E-state index contributed by atoms with van der Waals surface area (Å²) in [5.41, 5.74) is -5.56. The van der Waals surface area contributed by atoms with Crippen LogP contribution < -0.4 is 15.5 Å². The number of benzene rings is 2. The number of hydrogen-bond acceptors (Lipinski definition) is 4. The smallest absolute Gasteiger partial charge is 0.348 e. The van der Waals surface area contributed by atoms with E-state index in [1.54, 1.807) is 0 Å². The molecule has 34 heavy (non-hydrogen) atoms. The van der Waals surface area contributed by atoms with E-state index in [0.717, 1.165) is 48.5 Å². The van der Waals surface area contributed by atoms with Crippen molar-refractivity contribution in [3.05, 3.63) is 65.7 Å². The van der Waals surface area contributed by atoms with E-state index in [2.05, 4.69) is 4.99 Å². The highest BCUT2D eigenvalue weighted by Crippen LogP contribution is 2.52. The number of nitrogens with zero attached hydrogens (tertiary/aromatic N) is 2. The Bertz CT molecular complexity index is 1150. The van der Waals surface area contributed by atoms with Gasteiger partial charge in [0, 0.05) is 11.3 Å². The summed E-state index contributed by atoms with van der Waals surface area (Å²) in [7, 11) is 0. The van der Waals surface area contributed by atoms with E-state index >= 15 is 0 Å². The average molecular weight is 492 g/mol. The lowest BCUT2D eigenvalue weighted by atomic mass is 9.76. The third-order valence-electron chi connectivity index (χ3n) is 5.45. The molecule has 0 aliphatic carbocycles. The van der Waals surface area contributed by atoms with Gasteiger partial charge in [-0.05, 0) is 48.5 Å². The van der Waals surface area contributed by atoms with E-state index in [0.29, 0.717) is 4.90 Å². The number of hydrogen-bond donors (Lipinski definition) is 2. The SMILES string of the molecule is O=C1NC(=O)N(c2ccc(F)cc2)C2N=C(c3ccc(F)cc3)NC(C(F)(F)F)(C(F)(F)F)C12. The minimum absolute atomic E-state index is 0.316. The van der Waals surface area contributed by atoms with Crippen LogP contribution in [0.1, 0.15) is 5.56 Å². The molecule has 3 amide bonds. The summed E-state index contributed by atoms with van der Waals surface area (Å²) in [5, 5.41) is 2.83. The molecule has 2 heterocycles. The van der Waals surface area contributed by atoms with Gasteiger partial charge in [0.25, 0.3) is 0 Å². The minimum Gasteiger partial charge on any atom is -0.348 e. The topological polar surface area (TPSA) is 73.8 Å². The maximum absolute atomic E-state index is 14.2. The molecule has 2 unspecified atom stereocenters. The number of halogens is 8. The molecule has 0 radical (unpaired) electrons. The summed E-state index contributed by atoms with van der Waals surface area (Å²) in [6.45, 7) is 0. The number of carbonyl (C=O) groups excluding carboxylic acids is 2. The number of carbonyl (C=O) groups is 2. The van der Waals surface area contributed by atoms with E-state index in [1.165, 1.54) is 10.6 Å². The van der Waals surface area contributed by atoms with Crippen LogP contribution in [0.3, 0.4) is 0 Å². The van der Waals surface area contributed by atoms with Gasteiger partial charge in [0.2, 0.25) is 11.4 Å². The van der Waals surface area contributed by atoms with Gasteiger partial charge in [-0.1, -0.05) is 0 Å². The number of rotatable bonds is 2. The molecule has 2 aromatic carbocycles. The number of amidine groups is 1. The Kier molecular flexibility index (Phi) is 5.29. The van der Waals surface area contributed by atoms with E-state index < -0.39 is 59.4 Å². The van der Waals surface area contributed by atoms with Crippen LogP contribution in [0.5, 0.6) is 0 Å². The van der Waals surface area contributed by atoms with Crippen LogP contribution in [0.15, 0.2) is 53.5 Å². The highest BCUT2D eigenvalue weighted by Gasteiger charge is 2.80. The van der Waals surface area contributed by atoms with Gasteiger partial charge < -0.3 is 5.32 Å². The molecule has 0 saturated carbocycles. The average Bonchev–Trinajstić information content (AvgIpc) is 2.73. The van der Waals surface area contributed by atoms with Crippen LogP contribution in [-0.4, -0.2) is 41.8 Å². The Morgan fingerprint density at radius 2 is 1.32 bits per heavy atom. The number of nitrogens with one attached hydrogen (secondary N) is 2. The van der Waals surface area contributed by atoms with E-state index in [9.17, 15) is 44.7 Å². The number of amides is 3. The fourth-order valence-electron chi connectivity index (χ4n) is 3.91. The second kappa shape index (κ2) is 7.67. The fraction of sp³-hybridized carbons (Fsp3) is 0.250. The summed E-state index contributed by atoms with van der Waals surface area (Å²) in [6, 6.07) is 5.47. The third kappa shape index (κ3) is 3.53. The standard InChI is InChI=1S/C20H12F8N4O2/c21-10-3-1-9(2-4-10)14-29-15-13(18(31-14,19(23,24)25)20(26,27)28)16(33)30-17(34)32(15)12-7-5-11(22)6-8-12/h1-8,13,15H,(H,29,31)(H,30,33,34). The van der Waals surface area contributed by atoms with Crippen LogP contribution >= 0.6 is 0 Å². The summed E-state index contributed by atoms with van der Waals surface area (Å²) in [4.78, 5) is 29.3. The van der Waals surface area contributed by atoms with Crippen molar-refractivity contribution >= 4 is 23.5 Å². The molecule has 2 aromatic rings. The molecule has 1 fully saturated rings. The molecule has 14 heteroatoms. The summed E-state index contributed by atoms with van der Waals surface area (Å²) >= 11 is 0. The molecule has 2 aliphatic heterocycles. The van der Waals surface area contributed by atoms with E-state index in [-0.39, 0.29) is 11.3 Å². The normalized spacial score (nSPS) is 22.5. The molecule has 2 aliphatic rings. The maximum Gasteiger partial charge on any atom is 0.421 e. The number of anilines is 1. The fourth-order valence-corrected chi connectivity index (χ4v) is 3.91. The zero-order valence-electron chi connectivity index (χ0n) is 16.5. The quantitative estimate of drug-likeness (QED) is 0.626. The second-order valence-electron chi connectivity index (χ2n) is 7.45. The molecule has 0 aromatic heterocycles. The van der Waals surface area contributed by atoms with Crippen molar-refractivity contribution in [2.75, 3.05) is 4.90 Å². The lowest BCUT2D eigenvalue weighted by Crippen LogP contribution is -2.81. The Labute approximate surface area is 185 Å². The zero-order valence-corrected chi connectivity index (χ0v) is 16.5. The molecular formula is C20H12F8N4O2. The third-order valence-corrected chi connectivity index (χ3v) is 5.45. The first-order valence-electron chi connectivity index (χ1n) is 9.41. The second-order valence-corrected chi connectivity index (χ2v) is 7.45. The Balaban J connectivity index is 2.00. The minimum atomic E-state index is -6.11. The number of fused-ring (bicyclic) bond motifs is 1. The highest BCUT2D eigenvalue weighted by molar-refractivity contribution is 6.10. The lowest BCUT2D eigenvalue weighted by molar-refractivity contribution is -0.318. The molecule has 4 rings (SSSR count). The summed E-state index contributed by atoms with van der Waals surface area (Å²) in [6.07, 6.45) is -14.6. The molecule has 2 atom stereocenters. The van der Waals surface area contributed by atoms with Crippen molar-refractivity contribution in [1.82, 2.24) is 10.6 Å². The monoisotopic (exact) mass is 492 g/mol. The Morgan fingerprint density at radius 1 is 0.824 bits per heavy atom. The lowest BCUT2D eigenvalue weighted by Gasteiger charge is -2.51. The summed E-state index contributed by atoms with van der Waals surface area (Å²) in [5.74, 6) is -7.48. The largest absolute Gasteiger partial charge is 0.421 e. The molecule has 6 nitrogen and oxygen atoms in total.